The maximum absolute atomic E-state index is 12.9. The van der Waals surface area contributed by atoms with Gasteiger partial charge in [0.05, 0.1) is 24.3 Å². The maximum atomic E-state index is 12.9. The van der Waals surface area contributed by atoms with E-state index in [1.165, 1.54) is 63.9 Å². The molecule has 0 aliphatic rings. The molecule has 4 aromatic carbocycles. The first kappa shape index (κ1) is 31.9. The van der Waals surface area contributed by atoms with Crippen LogP contribution in [0.1, 0.15) is 88.4 Å². The predicted molar refractivity (Wildman–Crippen MR) is 179 cm³/mol. The first-order chi connectivity index (χ1) is 22.0. The summed E-state index contributed by atoms with van der Waals surface area (Å²) in [6, 6.07) is 21.2. The minimum absolute atomic E-state index is 0.105. The van der Waals surface area contributed by atoms with Gasteiger partial charge >= 0.3 is 5.97 Å². The molecule has 45 heavy (non-hydrogen) atoms. The Morgan fingerprint density at radius 1 is 0.711 bits per heavy atom. The zero-order valence-corrected chi connectivity index (χ0v) is 26.3. The number of phenols is 1. The van der Waals surface area contributed by atoms with Gasteiger partial charge in [0.1, 0.15) is 28.5 Å². The van der Waals surface area contributed by atoms with Crippen LogP contribution in [0.4, 0.5) is 0 Å². The molecule has 5 rings (SSSR count). The van der Waals surface area contributed by atoms with Crippen LogP contribution in [0.15, 0.2) is 77.2 Å². The summed E-state index contributed by atoms with van der Waals surface area (Å²) < 4.78 is 23.0. The smallest absolute Gasteiger partial charge is 0.343 e. The molecule has 1 heterocycles. The zero-order chi connectivity index (χ0) is 31.4. The van der Waals surface area contributed by atoms with Crippen LogP contribution >= 0.6 is 0 Å². The first-order valence-electron chi connectivity index (χ1n) is 16.3. The van der Waals surface area contributed by atoms with Gasteiger partial charge in [0.2, 0.25) is 5.89 Å². The molecule has 5 aromatic rings. The highest BCUT2D eigenvalue weighted by Gasteiger charge is 2.16. The van der Waals surface area contributed by atoms with E-state index in [-0.39, 0.29) is 17.4 Å². The zero-order valence-electron chi connectivity index (χ0n) is 26.3. The van der Waals surface area contributed by atoms with Gasteiger partial charge < -0.3 is 23.7 Å². The predicted octanol–water partition coefficient (Wildman–Crippen LogP) is 10.3. The van der Waals surface area contributed by atoms with Gasteiger partial charge in [-0.2, -0.15) is 0 Å². The minimum Gasteiger partial charge on any atom is -0.507 e. The number of esters is 1. The van der Waals surface area contributed by atoms with Crippen molar-refractivity contribution in [2.24, 2.45) is 0 Å². The Bertz CT molecular complexity index is 1710. The van der Waals surface area contributed by atoms with Crippen LogP contribution in [0.3, 0.4) is 0 Å². The summed E-state index contributed by atoms with van der Waals surface area (Å²) in [6.07, 6.45) is 12.8. The second-order valence-corrected chi connectivity index (χ2v) is 11.4. The summed E-state index contributed by atoms with van der Waals surface area (Å²) in [5.74, 6) is 1.37. The number of carbonyl (C=O) groups excluding carboxylic acids is 1. The molecule has 0 saturated heterocycles. The summed E-state index contributed by atoms with van der Waals surface area (Å²) in [7, 11) is 0. The van der Waals surface area contributed by atoms with Gasteiger partial charge in [-0.1, -0.05) is 76.8 Å². The Hall–Kier alpha value is -4.52. The second kappa shape index (κ2) is 16.0. The molecule has 0 radical (unpaired) electrons. The summed E-state index contributed by atoms with van der Waals surface area (Å²) in [5, 5.41) is 12.6. The molecule has 0 atom stereocenters. The number of phenolic OH excluding ortho intramolecular Hbond substituents is 1. The molecule has 0 spiro atoms. The Balaban J connectivity index is 1.13. The van der Waals surface area contributed by atoms with Crippen LogP contribution < -0.4 is 14.2 Å². The molecule has 7 nitrogen and oxygen atoms in total. The first-order valence-corrected chi connectivity index (χ1v) is 16.3. The van der Waals surface area contributed by atoms with Crippen molar-refractivity contribution in [3.63, 3.8) is 0 Å². The normalized spacial score (nSPS) is 11.2. The topological polar surface area (TPSA) is 91.0 Å². The lowest BCUT2D eigenvalue weighted by Gasteiger charge is -2.08. The lowest BCUT2D eigenvalue weighted by Crippen LogP contribution is -2.08. The highest BCUT2D eigenvalue weighted by atomic mass is 16.5. The largest absolute Gasteiger partial charge is 0.507 e. The molecular weight excluding hydrogens is 566 g/mol. The number of rotatable bonds is 17. The lowest BCUT2D eigenvalue weighted by atomic mass is 10.1. The van der Waals surface area contributed by atoms with Gasteiger partial charge in [0.25, 0.3) is 0 Å². The van der Waals surface area contributed by atoms with Crippen LogP contribution in [0.2, 0.25) is 0 Å². The summed E-state index contributed by atoms with van der Waals surface area (Å²) in [4.78, 5) is 17.4. The van der Waals surface area contributed by atoms with Crippen molar-refractivity contribution >= 4 is 27.8 Å². The van der Waals surface area contributed by atoms with E-state index in [9.17, 15) is 9.90 Å². The minimum atomic E-state index is -0.523. The SMILES string of the molecule is CCCCCCCCCCCCOc1ccc2nc(-c3ccc(OC(=O)c4ccc5cc(OCC)ccc5c4)cc3O)oc2c1. The van der Waals surface area contributed by atoms with Crippen molar-refractivity contribution < 1.29 is 28.5 Å². The van der Waals surface area contributed by atoms with Gasteiger partial charge in [0, 0.05) is 12.1 Å². The number of hydrogen-bond donors (Lipinski definition) is 1. The average molecular weight is 610 g/mol. The summed E-state index contributed by atoms with van der Waals surface area (Å²) in [6.45, 7) is 5.44. The van der Waals surface area contributed by atoms with Crippen molar-refractivity contribution in [1.82, 2.24) is 4.98 Å². The molecule has 0 aliphatic carbocycles. The van der Waals surface area contributed by atoms with Gasteiger partial charge in [-0.25, -0.2) is 9.78 Å². The lowest BCUT2D eigenvalue weighted by molar-refractivity contribution is 0.0734. The number of aromatic hydroxyl groups is 1. The second-order valence-electron chi connectivity index (χ2n) is 11.4. The van der Waals surface area contributed by atoms with Gasteiger partial charge in [-0.05, 0) is 72.6 Å². The number of aromatic nitrogens is 1. The maximum Gasteiger partial charge on any atom is 0.343 e. The third kappa shape index (κ3) is 8.78. The monoisotopic (exact) mass is 609 g/mol. The van der Waals surface area contributed by atoms with Crippen molar-refractivity contribution in [1.29, 1.82) is 0 Å². The molecule has 0 saturated carbocycles. The fourth-order valence-electron chi connectivity index (χ4n) is 5.42. The number of ether oxygens (including phenoxy) is 3. The molecule has 0 unspecified atom stereocenters. The molecule has 7 heteroatoms. The van der Waals surface area contributed by atoms with E-state index in [1.54, 1.807) is 24.3 Å². The molecule has 1 N–H and O–H groups in total. The number of unbranched alkanes of at least 4 members (excludes halogenated alkanes) is 9. The number of carbonyl (C=O) groups is 1. The number of fused-ring (bicyclic) bond motifs is 2. The third-order valence-electron chi connectivity index (χ3n) is 7.90. The molecule has 0 fully saturated rings. The van der Waals surface area contributed by atoms with Gasteiger partial charge in [0.15, 0.2) is 5.58 Å². The van der Waals surface area contributed by atoms with E-state index in [2.05, 4.69) is 11.9 Å². The number of nitrogens with zero attached hydrogens (tertiary/aromatic N) is 1. The van der Waals surface area contributed by atoms with E-state index in [4.69, 9.17) is 18.6 Å². The summed E-state index contributed by atoms with van der Waals surface area (Å²) >= 11 is 0. The fourth-order valence-corrected chi connectivity index (χ4v) is 5.42. The standard InChI is InChI=1S/C38H43NO6/c1-3-5-6-7-8-9-10-11-12-13-22-43-31-19-21-34-36(26-31)45-37(39-34)33-20-18-32(25-35(33)40)44-38(41)29-15-14-28-24-30(42-4-2)17-16-27(28)23-29/h14-21,23-26,40H,3-13,22H2,1-2H3. The van der Waals surface area contributed by atoms with E-state index in [1.807, 2.05) is 49.4 Å². The van der Waals surface area contributed by atoms with Crippen LogP contribution in [-0.2, 0) is 0 Å². The Morgan fingerprint density at radius 3 is 2.13 bits per heavy atom. The fraction of sp³-hybridized carbons (Fsp3) is 0.368. The third-order valence-corrected chi connectivity index (χ3v) is 7.90. The van der Waals surface area contributed by atoms with Crippen molar-refractivity contribution in [2.45, 2.75) is 78.1 Å². The summed E-state index contributed by atoms with van der Waals surface area (Å²) in [5.41, 5.74) is 2.04. The molecule has 0 aliphatic heterocycles. The molecule has 1 aromatic heterocycles. The van der Waals surface area contributed by atoms with Crippen LogP contribution in [0.25, 0.3) is 33.3 Å². The van der Waals surface area contributed by atoms with Gasteiger partial charge in [-0.15, -0.1) is 0 Å². The van der Waals surface area contributed by atoms with Crippen LogP contribution in [0, 0.1) is 0 Å². The molecule has 0 bridgehead atoms. The van der Waals surface area contributed by atoms with E-state index in [0.29, 0.717) is 35.4 Å². The van der Waals surface area contributed by atoms with Crippen molar-refractivity contribution in [3.8, 4) is 34.5 Å². The van der Waals surface area contributed by atoms with E-state index < -0.39 is 5.97 Å². The molecule has 236 valence electrons. The van der Waals surface area contributed by atoms with E-state index >= 15 is 0 Å². The van der Waals surface area contributed by atoms with Crippen molar-refractivity contribution in [2.75, 3.05) is 13.2 Å². The van der Waals surface area contributed by atoms with Crippen LogP contribution in [0.5, 0.6) is 23.0 Å². The number of hydrogen-bond acceptors (Lipinski definition) is 7. The highest BCUT2D eigenvalue weighted by Crippen LogP contribution is 2.35. The van der Waals surface area contributed by atoms with E-state index in [0.717, 1.165) is 28.7 Å². The Kier molecular flexibility index (Phi) is 11.3. The Labute approximate surface area is 265 Å². The average Bonchev–Trinajstić information content (AvgIpc) is 3.46. The molecule has 0 amide bonds. The highest BCUT2D eigenvalue weighted by molar-refractivity contribution is 5.96. The number of oxazole rings is 1. The van der Waals surface area contributed by atoms with Crippen molar-refractivity contribution in [3.05, 3.63) is 78.4 Å². The van der Waals surface area contributed by atoms with Gasteiger partial charge in [-0.3, -0.25) is 0 Å². The Morgan fingerprint density at radius 2 is 1.38 bits per heavy atom. The molecular formula is C38H43NO6. The quantitative estimate of drug-likeness (QED) is 0.0637. The van der Waals surface area contributed by atoms with Crippen LogP contribution in [-0.4, -0.2) is 29.3 Å². The number of benzene rings is 4.